The Morgan fingerprint density at radius 3 is 3.08 bits per heavy atom. The number of alkyl halides is 1. The van der Waals surface area contributed by atoms with Crippen molar-refractivity contribution in [2.75, 3.05) is 12.0 Å². The van der Waals surface area contributed by atoms with E-state index in [2.05, 4.69) is 9.69 Å². The standard InChI is InChI=1S/C7H7ClFN3S/c1-4(2-9)11-7-5(3-10)6(8)12-13-7/h4,11H,2H2,1H3. The van der Waals surface area contributed by atoms with Gasteiger partial charge >= 0.3 is 0 Å². The number of hydrogen-bond donors (Lipinski definition) is 1. The van der Waals surface area contributed by atoms with Crippen LogP contribution in [0.5, 0.6) is 0 Å². The largest absolute Gasteiger partial charge is 0.369 e. The molecule has 0 saturated heterocycles. The molecular weight excluding hydrogens is 213 g/mol. The summed E-state index contributed by atoms with van der Waals surface area (Å²) in [6, 6.07) is 1.57. The first-order chi connectivity index (χ1) is 6.19. The molecule has 0 aliphatic carbocycles. The summed E-state index contributed by atoms with van der Waals surface area (Å²) in [6.07, 6.45) is 0. The SMILES string of the molecule is CC(CF)Nc1snc(Cl)c1C#N. The first-order valence-electron chi connectivity index (χ1n) is 3.56. The summed E-state index contributed by atoms with van der Waals surface area (Å²) in [5.74, 6) is 0. The monoisotopic (exact) mass is 219 g/mol. The molecule has 0 spiro atoms. The number of halogens is 2. The van der Waals surface area contributed by atoms with E-state index in [0.717, 1.165) is 11.5 Å². The average Bonchev–Trinajstić information content (AvgIpc) is 2.46. The molecule has 70 valence electrons. The lowest BCUT2D eigenvalue weighted by atomic mass is 10.3. The quantitative estimate of drug-likeness (QED) is 0.850. The van der Waals surface area contributed by atoms with Crippen LogP contribution in [0.4, 0.5) is 9.39 Å². The summed E-state index contributed by atoms with van der Waals surface area (Å²) in [7, 11) is 0. The summed E-state index contributed by atoms with van der Waals surface area (Å²) in [6.45, 7) is 1.18. The van der Waals surface area contributed by atoms with Crippen molar-refractivity contribution in [2.24, 2.45) is 0 Å². The maximum atomic E-state index is 12.1. The number of nitriles is 1. The molecule has 0 aromatic carbocycles. The zero-order chi connectivity index (χ0) is 9.84. The Bertz CT molecular complexity index is 333. The van der Waals surface area contributed by atoms with E-state index in [1.54, 1.807) is 6.92 Å². The third-order valence-electron chi connectivity index (χ3n) is 1.37. The van der Waals surface area contributed by atoms with Gasteiger partial charge in [0.25, 0.3) is 0 Å². The van der Waals surface area contributed by atoms with Gasteiger partial charge in [-0.15, -0.1) is 0 Å². The summed E-state index contributed by atoms with van der Waals surface area (Å²) in [5, 5.41) is 12.2. The predicted molar refractivity (Wildman–Crippen MR) is 50.9 cm³/mol. The Hall–Kier alpha value is -0.860. The second kappa shape index (κ2) is 4.40. The van der Waals surface area contributed by atoms with Crippen LogP contribution in [0.2, 0.25) is 5.15 Å². The van der Waals surface area contributed by atoms with Crippen LogP contribution in [0.3, 0.4) is 0 Å². The zero-order valence-corrected chi connectivity index (χ0v) is 8.42. The van der Waals surface area contributed by atoms with Gasteiger partial charge in [0.2, 0.25) is 0 Å². The molecule has 1 rings (SSSR count). The molecule has 0 bridgehead atoms. The Morgan fingerprint density at radius 2 is 2.54 bits per heavy atom. The highest BCUT2D eigenvalue weighted by Crippen LogP contribution is 2.27. The van der Waals surface area contributed by atoms with E-state index < -0.39 is 6.67 Å². The van der Waals surface area contributed by atoms with Crippen molar-refractivity contribution in [3.63, 3.8) is 0 Å². The van der Waals surface area contributed by atoms with E-state index in [1.165, 1.54) is 0 Å². The molecule has 1 atom stereocenters. The van der Waals surface area contributed by atoms with Crippen LogP contribution in [0.15, 0.2) is 0 Å². The number of rotatable bonds is 3. The lowest BCUT2D eigenvalue weighted by Crippen LogP contribution is -2.16. The Labute approximate surface area is 84.3 Å². The molecule has 0 aliphatic heterocycles. The summed E-state index contributed by atoms with van der Waals surface area (Å²) in [5.41, 5.74) is 0.284. The normalized spacial score (nSPS) is 12.2. The van der Waals surface area contributed by atoms with Crippen molar-refractivity contribution in [2.45, 2.75) is 13.0 Å². The van der Waals surface area contributed by atoms with Crippen LogP contribution in [0.1, 0.15) is 12.5 Å². The topological polar surface area (TPSA) is 48.7 Å². The van der Waals surface area contributed by atoms with Crippen LogP contribution in [-0.2, 0) is 0 Å². The third kappa shape index (κ3) is 2.29. The van der Waals surface area contributed by atoms with E-state index in [9.17, 15) is 4.39 Å². The maximum Gasteiger partial charge on any atom is 0.162 e. The number of nitrogens with one attached hydrogen (secondary N) is 1. The molecule has 0 amide bonds. The van der Waals surface area contributed by atoms with Crippen LogP contribution in [-0.4, -0.2) is 17.1 Å². The second-order valence-electron chi connectivity index (χ2n) is 2.49. The highest BCUT2D eigenvalue weighted by atomic mass is 35.5. The fraction of sp³-hybridized carbons (Fsp3) is 0.429. The van der Waals surface area contributed by atoms with Crippen molar-refractivity contribution in [1.82, 2.24) is 4.37 Å². The van der Waals surface area contributed by atoms with E-state index in [4.69, 9.17) is 16.9 Å². The van der Waals surface area contributed by atoms with Crippen molar-refractivity contribution in [3.8, 4) is 6.07 Å². The molecule has 0 aliphatic rings. The van der Waals surface area contributed by atoms with Gasteiger partial charge in [-0.1, -0.05) is 11.6 Å². The van der Waals surface area contributed by atoms with Gasteiger partial charge in [-0.25, -0.2) is 4.39 Å². The van der Waals surface area contributed by atoms with E-state index in [1.807, 2.05) is 6.07 Å². The molecule has 6 heteroatoms. The molecule has 1 unspecified atom stereocenters. The van der Waals surface area contributed by atoms with Crippen LogP contribution < -0.4 is 5.32 Å². The van der Waals surface area contributed by atoms with Gasteiger partial charge in [-0.05, 0) is 18.5 Å². The van der Waals surface area contributed by atoms with Crippen LogP contribution in [0.25, 0.3) is 0 Å². The number of hydrogen-bond acceptors (Lipinski definition) is 4. The fourth-order valence-electron chi connectivity index (χ4n) is 0.728. The van der Waals surface area contributed by atoms with Gasteiger partial charge in [0.15, 0.2) is 5.15 Å². The highest BCUT2D eigenvalue weighted by molar-refractivity contribution is 7.10. The zero-order valence-electron chi connectivity index (χ0n) is 6.84. The van der Waals surface area contributed by atoms with Gasteiger partial charge in [0.1, 0.15) is 23.3 Å². The van der Waals surface area contributed by atoms with Crippen molar-refractivity contribution in [1.29, 1.82) is 5.26 Å². The Kier molecular flexibility index (Phi) is 3.46. The molecule has 1 heterocycles. The van der Waals surface area contributed by atoms with Crippen LogP contribution >= 0.6 is 23.1 Å². The Balaban J connectivity index is 2.84. The predicted octanol–water partition coefficient (Wildman–Crippen LogP) is 2.44. The summed E-state index contributed by atoms with van der Waals surface area (Å²) < 4.78 is 15.9. The number of nitrogens with zero attached hydrogens (tertiary/aromatic N) is 2. The molecule has 0 fully saturated rings. The van der Waals surface area contributed by atoms with Crippen molar-refractivity contribution >= 4 is 28.1 Å². The molecule has 1 N–H and O–H groups in total. The summed E-state index contributed by atoms with van der Waals surface area (Å²) in [4.78, 5) is 0. The van der Waals surface area contributed by atoms with Gasteiger partial charge in [0, 0.05) is 0 Å². The maximum absolute atomic E-state index is 12.1. The van der Waals surface area contributed by atoms with Crippen molar-refractivity contribution < 1.29 is 4.39 Å². The van der Waals surface area contributed by atoms with Gasteiger partial charge in [-0.3, -0.25) is 0 Å². The molecular formula is C7H7ClFN3S. The average molecular weight is 220 g/mol. The molecule has 0 saturated carbocycles. The van der Waals surface area contributed by atoms with E-state index in [-0.39, 0.29) is 16.8 Å². The van der Waals surface area contributed by atoms with Gasteiger partial charge < -0.3 is 5.32 Å². The smallest absolute Gasteiger partial charge is 0.162 e. The minimum absolute atomic E-state index is 0.168. The third-order valence-corrected chi connectivity index (χ3v) is 2.52. The second-order valence-corrected chi connectivity index (χ2v) is 3.62. The molecule has 13 heavy (non-hydrogen) atoms. The van der Waals surface area contributed by atoms with E-state index >= 15 is 0 Å². The van der Waals surface area contributed by atoms with E-state index in [0.29, 0.717) is 5.00 Å². The lowest BCUT2D eigenvalue weighted by molar-refractivity contribution is 0.460. The molecule has 1 aromatic heterocycles. The minimum atomic E-state index is -0.500. The summed E-state index contributed by atoms with van der Waals surface area (Å²) >= 11 is 6.68. The van der Waals surface area contributed by atoms with Gasteiger partial charge in [0.05, 0.1) is 6.04 Å². The van der Waals surface area contributed by atoms with Gasteiger partial charge in [-0.2, -0.15) is 9.64 Å². The number of anilines is 1. The highest BCUT2D eigenvalue weighted by Gasteiger charge is 2.13. The van der Waals surface area contributed by atoms with Crippen molar-refractivity contribution in [3.05, 3.63) is 10.7 Å². The first-order valence-corrected chi connectivity index (χ1v) is 4.72. The lowest BCUT2D eigenvalue weighted by Gasteiger charge is -2.07. The Morgan fingerprint density at radius 1 is 1.85 bits per heavy atom. The molecule has 0 radical (unpaired) electrons. The minimum Gasteiger partial charge on any atom is -0.369 e. The molecule has 1 aromatic rings. The molecule has 3 nitrogen and oxygen atoms in total. The number of aromatic nitrogens is 1. The van der Waals surface area contributed by atoms with Crippen LogP contribution in [0, 0.1) is 11.3 Å². The first kappa shape index (κ1) is 10.2. The fourth-order valence-corrected chi connectivity index (χ4v) is 1.77.